The van der Waals surface area contributed by atoms with Gasteiger partial charge >= 0.3 is 0 Å². The Bertz CT molecular complexity index is 1380. The molecule has 0 spiro atoms. The van der Waals surface area contributed by atoms with Crippen molar-refractivity contribution in [2.75, 3.05) is 19.6 Å². The summed E-state index contributed by atoms with van der Waals surface area (Å²) >= 11 is 7.54. The Morgan fingerprint density at radius 3 is 2.61 bits per heavy atom. The van der Waals surface area contributed by atoms with E-state index in [0.29, 0.717) is 13.0 Å². The Hall–Kier alpha value is -2.79. The maximum absolute atomic E-state index is 13.7. The van der Waals surface area contributed by atoms with Gasteiger partial charge in [0.25, 0.3) is 5.69 Å². The molecule has 3 aromatic rings. The highest BCUT2D eigenvalue weighted by Crippen LogP contribution is 2.38. The summed E-state index contributed by atoms with van der Waals surface area (Å²) in [6.07, 6.45) is 0.697. The van der Waals surface area contributed by atoms with Crippen molar-refractivity contribution < 1.29 is 18.1 Å². The van der Waals surface area contributed by atoms with Crippen molar-refractivity contribution in [3.8, 4) is 0 Å². The highest BCUT2D eigenvalue weighted by atomic mass is 35.5. The lowest BCUT2D eigenvalue weighted by atomic mass is 9.93. The van der Waals surface area contributed by atoms with E-state index in [1.807, 2.05) is 55.6 Å². The van der Waals surface area contributed by atoms with Crippen LogP contribution >= 0.6 is 22.9 Å². The molecule has 1 aliphatic heterocycles. The molecule has 190 valence electrons. The molecule has 36 heavy (non-hydrogen) atoms. The summed E-state index contributed by atoms with van der Waals surface area (Å²) in [4.78, 5) is 27.0. The molecule has 1 aromatic heterocycles. The van der Waals surface area contributed by atoms with Gasteiger partial charge in [0.1, 0.15) is 5.02 Å². The Balaban J connectivity index is 1.68. The largest absolute Gasteiger partial charge is 0.330 e. The highest BCUT2D eigenvalue weighted by molar-refractivity contribution is 7.89. The van der Waals surface area contributed by atoms with Crippen molar-refractivity contribution in [3.05, 3.63) is 91.1 Å². The molecule has 2 aromatic carbocycles. The molecule has 0 N–H and O–H groups in total. The molecule has 1 atom stereocenters. The van der Waals surface area contributed by atoms with Gasteiger partial charge in [0.15, 0.2) is 0 Å². The summed E-state index contributed by atoms with van der Waals surface area (Å²) in [7, 11) is -4.21. The molecule has 1 aliphatic rings. The van der Waals surface area contributed by atoms with Crippen molar-refractivity contribution in [2.45, 2.75) is 31.2 Å². The minimum atomic E-state index is -4.21. The fraction of sp³-hybridized carbons (Fsp3) is 0.320. The zero-order chi connectivity index (χ0) is 26.0. The number of rotatable bonds is 8. The van der Waals surface area contributed by atoms with Crippen LogP contribution in [0.2, 0.25) is 5.02 Å². The van der Waals surface area contributed by atoms with E-state index in [-0.39, 0.29) is 40.9 Å². The van der Waals surface area contributed by atoms with Crippen molar-refractivity contribution in [1.29, 1.82) is 0 Å². The van der Waals surface area contributed by atoms with Crippen LogP contribution in [0.5, 0.6) is 0 Å². The minimum Gasteiger partial charge on any atom is -0.330 e. The molecule has 2 heterocycles. The number of sulfonamides is 1. The molecule has 0 fully saturated rings. The third kappa shape index (κ3) is 5.31. The molecule has 0 saturated carbocycles. The SMILES string of the molecule is CC(C)CN(CC(=O)N1CCc2sccc2[C@@H]1c1ccccc1)S(=O)(=O)c1ccc(Cl)c([N+](=O)[O-])c1. The molecule has 0 saturated heterocycles. The van der Waals surface area contributed by atoms with Crippen LogP contribution in [0.4, 0.5) is 5.69 Å². The first kappa shape index (κ1) is 26.3. The summed E-state index contributed by atoms with van der Waals surface area (Å²) < 4.78 is 28.3. The molecule has 0 aliphatic carbocycles. The second kappa shape index (κ2) is 10.7. The van der Waals surface area contributed by atoms with Gasteiger partial charge in [-0.1, -0.05) is 55.8 Å². The molecule has 1 amide bonds. The molecule has 0 radical (unpaired) electrons. The van der Waals surface area contributed by atoms with E-state index in [1.54, 1.807) is 16.2 Å². The van der Waals surface area contributed by atoms with Gasteiger partial charge in [-0.25, -0.2) is 8.42 Å². The predicted molar refractivity (Wildman–Crippen MR) is 140 cm³/mol. The van der Waals surface area contributed by atoms with Crippen LogP contribution in [0, 0.1) is 16.0 Å². The number of nitro benzene ring substituents is 1. The Labute approximate surface area is 219 Å². The number of amides is 1. The summed E-state index contributed by atoms with van der Waals surface area (Å²) in [5.74, 6) is -0.405. The Morgan fingerprint density at radius 1 is 1.22 bits per heavy atom. The van der Waals surface area contributed by atoms with Gasteiger partial charge in [-0.15, -0.1) is 11.3 Å². The van der Waals surface area contributed by atoms with E-state index in [4.69, 9.17) is 11.6 Å². The number of nitrogens with zero attached hydrogens (tertiary/aromatic N) is 3. The van der Waals surface area contributed by atoms with Gasteiger partial charge in [-0.2, -0.15) is 4.31 Å². The van der Waals surface area contributed by atoms with Gasteiger partial charge in [0.2, 0.25) is 15.9 Å². The maximum Gasteiger partial charge on any atom is 0.289 e. The van der Waals surface area contributed by atoms with E-state index < -0.39 is 20.6 Å². The van der Waals surface area contributed by atoms with E-state index in [0.717, 1.165) is 21.5 Å². The maximum atomic E-state index is 13.7. The molecule has 4 rings (SSSR count). The third-order valence-electron chi connectivity index (χ3n) is 6.03. The Morgan fingerprint density at radius 2 is 1.94 bits per heavy atom. The molecular formula is C25H26ClN3O5S2. The number of hydrogen-bond donors (Lipinski definition) is 0. The van der Waals surface area contributed by atoms with Gasteiger partial charge in [-0.05, 0) is 47.0 Å². The highest BCUT2D eigenvalue weighted by Gasteiger charge is 2.36. The lowest BCUT2D eigenvalue weighted by molar-refractivity contribution is -0.384. The molecule has 0 unspecified atom stereocenters. The number of fused-ring (bicyclic) bond motifs is 1. The van der Waals surface area contributed by atoms with Crippen LogP contribution in [-0.4, -0.2) is 48.1 Å². The number of halogens is 1. The second-order valence-electron chi connectivity index (χ2n) is 9.01. The van der Waals surface area contributed by atoms with Gasteiger partial charge in [0, 0.05) is 24.0 Å². The number of benzene rings is 2. The standard InChI is InChI=1S/C25H26ClN3O5S2/c1-17(2)15-27(36(33,34)19-8-9-21(26)22(14-19)29(31)32)16-24(30)28-12-10-23-20(11-13-35-23)25(28)18-6-4-3-5-7-18/h3-9,11,13-14,17,25H,10,12,15-16H2,1-2H3/t25-/m0/s1. The first-order valence-corrected chi connectivity index (χ1v) is 14.1. The fourth-order valence-corrected chi connectivity index (χ4v) is 7.08. The summed E-state index contributed by atoms with van der Waals surface area (Å²) in [6.45, 7) is 3.87. The number of carbonyl (C=O) groups is 1. The predicted octanol–water partition coefficient (Wildman–Crippen LogP) is 5.13. The van der Waals surface area contributed by atoms with Gasteiger partial charge in [-0.3, -0.25) is 14.9 Å². The topological polar surface area (TPSA) is 101 Å². The monoisotopic (exact) mass is 547 g/mol. The lowest BCUT2D eigenvalue weighted by Crippen LogP contribution is -2.47. The fourth-order valence-electron chi connectivity index (χ4n) is 4.42. The number of nitro groups is 1. The van der Waals surface area contributed by atoms with Crippen LogP contribution in [0.3, 0.4) is 0 Å². The zero-order valence-corrected chi connectivity index (χ0v) is 22.2. The van der Waals surface area contributed by atoms with Crippen LogP contribution in [-0.2, 0) is 21.2 Å². The van der Waals surface area contributed by atoms with Crippen molar-refractivity contribution in [3.63, 3.8) is 0 Å². The molecular weight excluding hydrogens is 522 g/mol. The van der Waals surface area contributed by atoms with E-state index in [9.17, 15) is 23.3 Å². The second-order valence-corrected chi connectivity index (χ2v) is 12.4. The molecule has 0 bridgehead atoms. The quantitative estimate of drug-likeness (QED) is 0.287. The van der Waals surface area contributed by atoms with Crippen molar-refractivity contribution in [1.82, 2.24) is 9.21 Å². The van der Waals surface area contributed by atoms with Crippen LogP contribution in [0.1, 0.15) is 35.9 Å². The molecule has 11 heteroatoms. The van der Waals surface area contributed by atoms with Crippen LogP contribution in [0.25, 0.3) is 0 Å². The number of thiophene rings is 1. The van der Waals surface area contributed by atoms with E-state index in [1.165, 1.54) is 17.0 Å². The van der Waals surface area contributed by atoms with E-state index >= 15 is 0 Å². The van der Waals surface area contributed by atoms with E-state index in [2.05, 4.69) is 0 Å². The smallest absolute Gasteiger partial charge is 0.289 e. The van der Waals surface area contributed by atoms with Gasteiger partial charge < -0.3 is 4.90 Å². The lowest BCUT2D eigenvalue weighted by Gasteiger charge is -2.37. The summed E-state index contributed by atoms with van der Waals surface area (Å²) in [6, 6.07) is 14.8. The summed E-state index contributed by atoms with van der Waals surface area (Å²) in [5.41, 5.74) is 1.51. The van der Waals surface area contributed by atoms with Crippen LogP contribution < -0.4 is 0 Å². The first-order chi connectivity index (χ1) is 17.1. The zero-order valence-electron chi connectivity index (χ0n) is 19.8. The normalized spacial score (nSPS) is 15.8. The molecule has 8 nitrogen and oxygen atoms in total. The number of hydrogen-bond acceptors (Lipinski definition) is 6. The van der Waals surface area contributed by atoms with Crippen molar-refractivity contribution >= 4 is 44.6 Å². The Kier molecular flexibility index (Phi) is 7.79. The van der Waals surface area contributed by atoms with Crippen molar-refractivity contribution in [2.24, 2.45) is 5.92 Å². The minimum absolute atomic E-state index is 0.0791. The average Bonchev–Trinajstić information content (AvgIpc) is 3.32. The van der Waals surface area contributed by atoms with Gasteiger partial charge in [0.05, 0.1) is 22.4 Å². The number of carbonyl (C=O) groups excluding carboxylic acids is 1. The third-order valence-corrected chi connectivity index (χ3v) is 9.16. The average molecular weight is 548 g/mol. The van der Waals surface area contributed by atoms with Crippen LogP contribution in [0.15, 0.2) is 64.9 Å². The first-order valence-electron chi connectivity index (χ1n) is 11.4. The summed E-state index contributed by atoms with van der Waals surface area (Å²) in [5, 5.41) is 13.2.